The molecule has 2 aromatic heterocycles. The number of rotatable bonds is 5. The van der Waals surface area contributed by atoms with Gasteiger partial charge < -0.3 is 9.80 Å². The van der Waals surface area contributed by atoms with Crippen molar-refractivity contribution in [3.05, 3.63) is 47.8 Å². The van der Waals surface area contributed by atoms with E-state index in [1.54, 1.807) is 64.8 Å². The van der Waals surface area contributed by atoms with E-state index in [0.717, 1.165) is 0 Å². The number of nitrogens with zero attached hydrogens (tertiary/aromatic N) is 4. The maximum absolute atomic E-state index is 12.2. The summed E-state index contributed by atoms with van der Waals surface area (Å²) in [6.45, 7) is 0. The van der Waals surface area contributed by atoms with Crippen molar-refractivity contribution < 1.29 is 9.59 Å². The molecule has 8 heteroatoms. The number of pyridine rings is 2. The van der Waals surface area contributed by atoms with Gasteiger partial charge in [-0.25, -0.2) is 9.97 Å². The molecule has 2 heterocycles. The van der Waals surface area contributed by atoms with Crippen molar-refractivity contribution in [2.75, 3.05) is 28.2 Å². The molecule has 0 aliphatic rings. The molecule has 0 atom stereocenters. The first-order chi connectivity index (χ1) is 11.4. The van der Waals surface area contributed by atoms with E-state index in [1.165, 1.54) is 31.4 Å². The molecule has 0 N–H and O–H groups in total. The summed E-state index contributed by atoms with van der Waals surface area (Å²) in [5, 5.41) is 1.19. The van der Waals surface area contributed by atoms with Crippen LogP contribution in [-0.2, 0) is 0 Å². The molecule has 2 rings (SSSR count). The van der Waals surface area contributed by atoms with Crippen molar-refractivity contribution in [3.63, 3.8) is 0 Å². The molecule has 0 unspecified atom stereocenters. The Balaban J connectivity index is 2.24. The third-order valence-electron chi connectivity index (χ3n) is 3.02. The standard InChI is InChI=1S/C16H18N4O2S2/c1-19(2)15(21)11-7-5-9-17-13(11)23-24-14-12(8-6-10-18-14)16(22)20(3)4/h5-10H,1-4H3. The quantitative estimate of drug-likeness (QED) is 0.762. The Kier molecular flexibility index (Phi) is 6.22. The van der Waals surface area contributed by atoms with Crippen molar-refractivity contribution in [3.8, 4) is 0 Å². The van der Waals surface area contributed by atoms with E-state index in [9.17, 15) is 9.59 Å². The molecule has 0 aliphatic carbocycles. The maximum atomic E-state index is 12.2. The van der Waals surface area contributed by atoms with E-state index < -0.39 is 0 Å². The summed E-state index contributed by atoms with van der Waals surface area (Å²) in [6.07, 6.45) is 3.28. The van der Waals surface area contributed by atoms with E-state index >= 15 is 0 Å². The van der Waals surface area contributed by atoms with Crippen molar-refractivity contribution in [1.82, 2.24) is 19.8 Å². The lowest BCUT2D eigenvalue weighted by molar-refractivity contribution is 0.0816. The molecule has 24 heavy (non-hydrogen) atoms. The monoisotopic (exact) mass is 362 g/mol. The van der Waals surface area contributed by atoms with Crippen LogP contribution in [0.25, 0.3) is 0 Å². The molecule has 0 fully saturated rings. The Morgan fingerprint density at radius 1 is 0.792 bits per heavy atom. The first-order valence-electron chi connectivity index (χ1n) is 7.09. The number of carbonyl (C=O) groups excluding carboxylic acids is 2. The van der Waals surface area contributed by atoms with Crippen LogP contribution in [-0.4, -0.2) is 59.8 Å². The van der Waals surface area contributed by atoms with E-state index in [-0.39, 0.29) is 11.8 Å². The first kappa shape index (κ1) is 18.3. The second kappa shape index (κ2) is 8.16. The average molecular weight is 362 g/mol. The summed E-state index contributed by atoms with van der Waals surface area (Å²) in [6, 6.07) is 6.94. The van der Waals surface area contributed by atoms with Crippen molar-refractivity contribution in [2.45, 2.75) is 10.1 Å². The van der Waals surface area contributed by atoms with Gasteiger partial charge in [-0.3, -0.25) is 9.59 Å². The lowest BCUT2D eigenvalue weighted by Crippen LogP contribution is -2.22. The van der Waals surface area contributed by atoms with Gasteiger partial charge in [0.25, 0.3) is 11.8 Å². The van der Waals surface area contributed by atoms with Crippen LogP contribution in [0, 0.1) is 0 Å². The van der Waals surface area contributed by atoms with Crippen LogP contribution in [0.5, 0.6) is 0 Å². The third-order valence-corrected chi connectivity index (χ3v) is 5.26. The van der Waals surface area contributed by atoms with Gasteiger partial charge in [0.2, 0.25) is 0 Å². The smallest absolute Gasteiger partial charge is 0.256 e. The fourth-order valence-electron chi connectivity index (χ4n) is 1.80. The summed E-state index contributed by atoms with van der Waals surface area (Å²) >= 11 is 0. The fraction of sp³-hybridized carbons (Fsp3) is 0.250. The molecular formula is C16H18N4O2S2. The maximum Gasteiger partial charge on any atom is 0.256 e. The highest BCUT2D eigenvalue weighted by molar-refractivity contribution is 8.76. The molecule has 0 aromatic carbocycles. The largest absolute Gasteiger partial charge is 0.345 e. The predicted octanol–water partition coefficient (Wildman–Crippen LogP) is 2.68. The van der Waals surface area contributed by atoms with Crippen molar-refractivity contribution in [1.29, 1.82) is 0 Å². The molecule has 0 spiro atoms. The Morgan fingerprint density at radius 2 is 1.17 bits per heavy atom. The summed E-state index contributed by atoms with van der Waals surface area (Å²) < 4.78 is 0. The SMILES string of the molecule is CN(C)C(=O)c1cccnc1SSc1ncccc1C(=O)N(C)C. The second-order valence-corrected chi connectivity index (χ2v) is 7.38. The van der Waals surface area contributed by atoms with E-state index in [1.807, 2.05) is 0 Å². The zero-order chi connectivity index (χ0) is 17.7. The number of carbonyl (C=O) groups is 2. The van der Waals surface area contributed by atoms with Gasteiger partial charge in [-0.1, -0.05) is 0 Å². The van der Waals surface area contributed by atoms with Gasteiger partial charge in [0, 0.05) is 40.6 Å². The minimum atomic E-state index is -0.114. The summed E-state index contributed by atoms with van der Waals surface area (Å²) in [5.41, 5.74) is 1.05. The third kappa shape index (κ3) is 4.27. The van der Waals surface area contributed by atoms with Gasteiger partial charge in [0.05, 0.1) is 11.1 Å². The van der Waals surface area contributed by atoms with Crippen LogP contribution in [0.3, 0.4) is 0 Å². The molecule has 0 saturated carbocycles. The van der Waals surface area contributed by atoms with Crippen molar-refractivity contribution in [2.24, 2.45) is 0 Å². The Hall–Kier alpha value is -2.06. The summed E-state index contributed by atoms with van der Waals surface area (Å²) in [7, 11) is 9.42. The highest BCUT2D eigenvalue weighted by Crippen LogP contribution is 2.38. The van der Waals surface area contributed by atoms with Gasteiger partial charge >= 0.3 is 0 Å². The van der Waals surface area contributed by atoms with Crippen LogP contribution in [0.1, 0.15) is 20.7 Å². The van der Waals surface area contributed by atoms with Crippen LogP contribution < -0.4 is 0 Å². The molecule has 126 valence electrons. The number of hydrogen-bond donors (Lipinski definition) is 0. The summed E-state index contributed by atoms with van der Waals surface area (Å²) in [4.78, 5) is 36.0. The average Bonchev–Trinajstić information content (AvgIpc) is 2.59. The highest BCUT2D eigenvalue weighted by atomic mass is 33.1. The topological polar surface area (TPSA) is 66.4 Å². The van der Waals surface area contributed by atoms with E-state index in [2.05, 4.69) is 9.97 Å². The van der Waals surface area contributed by atoms with Gasteiger partial charge in [0.15, 0.2) is 0 Å². The Labute approximate surface area is 149 Å². The molecule has 6 nitrogen and oxygen atoms in total. The first-order valence-corrected chi connectivity index (χ1v) is 9.24. The van der Waals surface area contributed by atoms with E-state index in [4.69, 9.17) is 0 Å². The molecule has 2 amide bonds. The van der Waals surface area contributed by atoms with Crippen LogP contribution in [0.4, 0.5) is 0 Å². The molecule has 2 aromatic rings. The molecule has 0 radical (unpaired) electrons. The minimum absolute atomic E-state index is 0.114. The van der Waals surface area contributed by atoms with Gasteiger partial charge in [-0.15, -0.1) is 0 Å². The predicted molar refractivity (Wildman–Crippen MR) is 96.2 cm³/mol. The highest BCUT2D eigenvalue weighted by Gasteiger charge is 2.18. The van der Waals surface area contributed by atoms with Crippen LogP contribution in [0.15, 0.2) is 46.7 Å². The van der Waals surface area contributed by atoms with Gasteiger partial charge in [-0.2, -0.15) is 0 Å². The van der Waals surface area contributed by atoms with Crippen LogP contribution in [0.2, 0.25) is 0 Å². The number of amides is 2. The molecule has 0 aliphatic heterocycles. The minimum Gasteiger partial charge on any atom is -0.345 e. The summed E-state index contributed by atoms with van der Waals surface area (Å²) in [5.74, 6) is -0.228. The zero-order valence-corrected chi connectivity index (χ0v) is 15.5. The lowest BCUT2D eigenvalue weighted by Gasteiger charge is -2.14. The van der Waals surface area contributed by atoms with Crippen molar-refractivity contribution >= 4 is 33.4 Å². The van der Waals surface area contributed by atoms with Gasteiger partial charge in [0.1, 0.15) is 10.1 Å². The molecule has 0 bridgehead atoms. The lowest BCUT2D eigenvalue weighted by atomic mass is 10.2. The molecular weight excluding hydrogens is 344 g/mol. The normalized spacial score (nSPS) is 10.3. The number of aromatic nitrogens is 2. The molecule has 0 saturated heterocycles. The van der Waals surface area contributed by atoms with E-state index in [0.29, 0.717) is 21.2 Å². The number of hydrogen-bond acceptors (Lipinski definition) is 6. The Bertz CT molecular complexity index is 687. The second-order valence-electron chi connectivity index (χ2n) is 5.28. The Morgan fingerprint density at radius 3 is 1.50 bits per heavy atom. The van der Waals surface area contributed by atoms with Gasteiger partial charge in [-0.05, 0) is 45.9 Å². The zero-order valence-electron chi connectivity index (χ0n) is 13.9. The van der Waals surface area contributed by atoms with Crippen LogP contribution >= 0.6 is 21.6 Å². The fourth-order valence-corrected chi connectivity index (χ4v) is 3.93.